The molecular weight excluding hydrogens is 342 g/mol. The van der Waals surface area contributed by atoms with E-state index in [9.17, 15) is 4.79 Å². The van der Waals surface area contributed by atoms with Gasteiger partial charge in [0.25, 0.3) is 5.91 Å². The molecule has 0 aliphatic heterocycles. The summed E-state index contributed by atoms with van der Waals surface area (Å²) in [6.45, 7) is 1.70. The summed E-state index contributed by atoms with van der Waals surface area (Å²) in [5.74, 6) is 1.01. The van der Waals surface area contributed by atoms with Crippen molar-refractivity contribution in [3.05, 3.63) is 66.7 Å². The molecule has 0 unspecified atom stereocenters. The van der Waals surface area contributed by atoms with E-state index >= 15 is 0 Å². The van der Waals surface area contributed by atoms with Crippen LogP contribution in [0.1, 0.15) is 6.92 Å². The van der Waals surface area contributed by atoms with E-state index in [4.69, 9.17) is 13.9 Å². The van der Waals surface area contributed by atoms with Gasteiger partial charge in [0.2, 0.25) is 0 Å². The Morgan fingerprint density at radius 2 is 1.70 bits per heavy atom. The molecule has 0 aliphatic carbocycles. The number of carbonyl (C=O) groups is 1. The van der Waals surface area contributed by atoms with E-state index in [1.807, 2.05) is 54.6 Å². The highest BCUT2D eigenvalue weighted by Gasteiger charge is 2.16. The number of fused-ring (bicyclic) bond motifs is 3. The van der Waals surface area contributed by atoms with Gasteiger partial charge >= 0.3 is 0 Å². The molecule has 0 radical (unpaired) electrons. The third kappa shape index (κ3) is 3.44. The average molecular weight is 361 g/mol. The molecule has 136 valence electrons. The normalized spacial score (nSPS) is 12.1. The summed E-state index contributed by atoms with van der Waals surface area (Å²) >= 11 is 0. The molecule has 1 amide bonds. The number of rotatable bonds is 5. The van der Waals surface area contributed by atoms with Gasteiger partial charge in [-0.2, -0.15) is 0 Å². The van der Waals surface area contributed by atoms with Crippen LogP contribution in [0.4, 0.5) is 5.69 Å². The van der Waals surface area contributed by atoms with E-state index in [2.05, 4.69) is 5.32 Å². The molecule has 0 saturated heterocycles. The first-order valence-electron chi connectivity index (χ1n) is 8.67. The van der Waals surface area contributed by atoms with Crippen molar-refractivity contribution in [1.29, 1.82) is 0 Å². The second-order valence-corrected chi connectivity index (χ2v) is 6.24. The number of methoxy groups -OCH3 is 1. The van der Waals surface area contributed by atoms with Crippen molar-refractivity contribution in [1.82, 2.24) is 0 Å². The standard InChI is InChI=1S/C22H19NO4/c1-14(26-17-7-5-6-16(13-17)25-2)22(24)23-15-10-11-19-18-8-3-4-9-20(18)27-21(19)12-15/h3-14H,1-2H3,(H,23,24)/t14-/m1/s1. The Hall–Kier alpha value is -3.47. The van der Waals surface area contributed by atoms with Crippen LogP contribution < -0.4 is 14.8 Å². The summed E-state index contributed by atoms with van der Waals surface area (Å²) in [5.41, 5.74) is 2.22. The lowest BCUT2D eigenvalue weighted by molar-refractivity contribution is -0.122. The number of para-hydroxylation sites is 1. The van der Waals surface area contributed by atoms with Gasteiger partial charge in [-0.15, -0.1) is 0 Å². The number of hydrogen-bond acceptors (Lipinski definition) is 4. The molecule has 1 aromatic heterocycles. The minimum absolute atomic E-state index is 0.242. The van der Waals surface area contributed by atoms with Gasteiger partial charge in [0.1, 0.15) is 22.7 Å². The van der Waals surface area contributed by atoms with Gasteiger partial charge in [0.05, 0.1) is 7.11 Å². The van der Waals surface area contributed by atoms with Crippen molar-refractivity contribution in [3.63, 3.8) is 0 Å². The Morgan fingerprint density at radius 3 is 2.56 bits per heavy atom. The molecule has 0 bridgehead atoms. The fourth-order valence-electron chi connectivity index (χ4n) is 2.98. The van der Waals surface area contributed by atoms with Crippen LogP contribution in [-0.4, -0.2) is 19.1 Å². The lowest BCUT2D eigenvalue weighted by atomic mass is 10.1. The number of furan rings is 1. The third-order valence-corrected chi connectivity index (χ3v) is 4.37. The van der Waals surface area contributed by atoms with Crippen molar-refractivity contribution >= 4 is 33.5 Å². The zero-order valence-electron chi connectivity index (χ0n) is 15.1. The van der Waals surface area contributed by atoms with Crippen molar-refractivity contribution < 1.29 is 18.7 Å². The zero-order valence-corrected chi connectivity index (χ0v) is 15.1. The zero-order chi connectivity index (χ0) is 18.8. The van der Waals surface area contributed by atoms with Gasteiger partial charge in [-0.3, -0.25) is 4.79 Å². The maximum absolute atomic E-state index is 12.5. The second kappa shape index (κ2) is 7.03. The maximum Gasteiger partial charge on any atom is 0.265 e. The molecule has 1 atom stereocenters. The van der Waals surface area contributed by atoms with E-state index < -0.39 is 6.10 Å². The SMILES string of the molecule is COc1cccc(O[C@H](C)C(=O)Nc2ccc3c(c2)oc2ccccc23)c1. The van der Waals surface area contributed by atoms with E-state index in [1.54, 1.807) is 26.2 Å². The Kier molecular flexibility index (Phi) is 4.42. The number of anilines is 1. The van der Waals surface area contributed by atoms with Gasteiger partial charge < -0.3 is 19.2 Å². The van der Waals surface area contributed by atoms with Crippen LogP contribution >= 0.6 is 0 Å². The molecule has 0 aliphatic rings. The third-order valence-electron chi connectivity index (χ3n) is 4.37. The highest BCUT2D eigenvalue weighted by Crippen LogP contribution is 2.30. The molecule has 4 rings (SSSR count). The van der Waals surface area contributed by atoms with Crippen LogP contribution in [0.3, 0.4) is 0 Å². The lowest BCUT2D eigenvalue weighted by Gasteiger charge is -2.15. The Balaban J connectivity index is 1.50. The molecule has 0 spiro atoms. The molecule has 5 nitrogen and oxygen atoms in total. The number of nitrogens with one attached hydrogen (secondary N) is 1. The summed E-state index contributed by atoms with van der Waals surface area (Å²) in [5, 5.41) is 4.95. The lowest BCUT2D eigenvalue weighted by Crippen LogP contribution is -2.30. The quantitative estimate of drug-likeness (QED) is 0.543. The van der Waals surface area contributed by atoms with Gasteiger partial charge in [0, 0.05) is 28.6 Å². The first-order valence-corrected chi connectivity index (χ1v) is 8.67. The molecule has 4 aromatic rings. The maximum atomic E-state index is 12.5. The van der Waals surface area contributed by atoms with Crippen molar-refractivity contribution in [2.45, 2.75) is 13.0 Å². The first-order chi connectivity index (χ1) is 13.1. The fourth-order valence-corrected chi connectivity index (χ4v) is 2.98. The van der Waals surface area contributed by atoms with Crippen LogP contribution in [0.5, 0.6) is 11.5 Å². The van der Waals surface area contributed by atoms with Crippen LogP contribution in [-0.2, 0) is 4.79 Å². The van der Waals surface area contributed by atoms with Crippen LogP contribution in [0.25, 0.3) is 21.9 Å². The topological polar surface area (TPSA) is 60.7 Å². The predicted molar refractivity (Wildman–Crippen MR) is 105 cm³/mol. The van der Waals surface area contributed by atoms with E-state index in [1.165, 1.54) is 0 Å². The summed E-state index contributed by atoms with van der Waals surface area (Å²) in [6.07, 6.45) is -0.663. The van der Waals surface area contributed by atoms with Gasteiger partial charge in [-0.25, -0.2) is 0 Å². The van der Waals surface area contributed by atoms with Crippen molar-refractivity contribution in [2.75, 3.05) is 12.4 Å². The Labute approximate surface area is 156 Å². The molecule has 27 heavy (non-hydrogen) atoms. The number of carbonyl (C=O) groups excluding carboxylic acids is 1. The van der Waals surface area contributed by atoms with Crippen LogP contribution in [0, 0.1) is 0 Å². The summed E-state index contributed by atoms with van der Waals surface area (Å²) in [7, 11) is 1.59. The van der Waals surface area contributed by atoms with Crippen molar-refractivity contribution in [3.8, 4) is 11.5 Å². The Morgan fingerprint density at radius 1 is 0.926 bits per heavy atom. The Bertz CT molecular complexity index is 1120. The van der Waals surface area contributed by atoms with Crippen LogP contribution in [0.2, 0.25) is 0 Å². The van der Waals surface area contributed by atoms with Crippen LogP contribution in [0.15, 0.2) is 71.1 Å². The average Bonchev–Trinajstić information content (AvgIpc) is 3.05. The highest BCUT2D eigenvalue weighted by molar-refractivity contribution is 6.06. The summed E-state index contributed by atoms with van der Waals surface area (Å²) in [6, 6.07) is 20.7. The fraction of sp³-hybridized carbons (Fsp3) is 0.136. The second-order valence-electron chi connectivity index (χ2n) is 6.24. The monoisotopic (exact) mass is 361 g/mol. The number of benzene rings is 3. The van der Waals surface area contributed by atoms with E-state index in [0.29, 0.717) is 17.2 Å². The van der Waals surface area contributed by atoms with Gasteiger partial charge in [-0.1, -0.05) is 24.3 Å². The molecule has 3 aromatic carbocycles. The molecule has 1 N–H and O–H groups in total. The first kappa shape index (κ1) is 17.0. The number of hydrogen-bond donors (Lipinski definition) is 1. The van der Waals surface area contributed by atoms with E-state index in [0.717, 1.165) is 21.9 Å². The van der Waals surface area contributed by atoms with Gasteiger partial charge in [0.15, 0.2) is 6.10 Å². The number of amides is 1. The smallest absolute Gasteiger partial charge is 0.265 e. The highest BCUT2D eigenvalue weighted by atomic mass is 16.5. The van der Waals surface area contributed by atoms with E-state index in [-0.39, 0.29) is 5.91 Å². The molecule has 0 saturated carbocycles. The predicted octanol–water partition coefficient (Wildman–Crippen LogP) is 5.00. The van der Waals surface area contributed by atoms with Gasteiger partial charge in [-0.05, 0) is 37.3 Å². The minimum atomic E-state index is -0.663. The molecule has 0 fully saturated rings. The molecule has 5 heteroatoms. The minimum Gasteiger partial charge on any atom is -0.497 e. The van der Waals surface area contributed by atoms with Crippen molar-refractivity contribution in [2.24, 2.45) is 0 Å². The largest absolute Gasteiger partial charge is 0.497 e. The summed E-state index contributed by atoms with van der Waals surface area (Å²) < 4.78 is 16.7. The summed E-state index contributed by atoms with van der Waals surface area (Å²) in [4.78, 5) is 12.5. The molecule has 1 heterocycles. The number of ether oxygens (including phenoxy) is 2. The molecular formula is C22H19NO4.